The Balaban J connectivity index is 2.79. The van der Waals surface area contributed by atoms with Crippen LogP contribution >= 0.6 is 0 Å². The average Bonchev–Trinajstić information content (AvgIpc) is 2.36. The monoisotopic (exact) mass is 285 g/mol. The Labute approximate surface area is 118 Å². The molecule has 112 valence electrons. The summed E-state index contributed by atoms with van der Waals surface area (Å²) in [7, 11) is 5.49. The molecule has 1 aromatic carbocycles. The summed E-state index contributed by atoms with van der Waals surface area (Å²) in [5, 5.41) is 2.79. The number of likely N-dealkylation sites (N-methyl/N-ethyl adjacent to an activating group) is 2. The summed E-state index contributed by atoms with van der Waals surface area (Å²) in [6.45, 7) is 1.50. The minimum atomic E-state index is -0.628. The van der Waals surface area contributed by atoms with Gasteiger partial charge in [0.1, 0.15) is 11.6 Å². The molecule has 0 spiro atoms. The number of nitrogens with one attached hydrogen (secondary N) is 1. The van der Waals surface area contributed by atoms with Gasteiger partial charge >= 0.3 is 0 Å². The zero-order chi connectivity index (χ0) is 15.1. The fourth-order valence-corrected chi connectivity index (χ4v) is 1.73. The third-order valence-corrected chi connectivity index (χ3v) is 2.87. The van der Waals surface area contributed by atoms with Gasteiger partial charge in [-0.2, -0.15) is 0 Å². The first-order chi connectivity index (χ1) is 9.43. The molecule has 6 heteroatoms. The molecule has 0 aliphatic carbocycles. The molecule has 4 nitrogen and oxygen atoms in total. The van der Waals surface area contributed by atoms with Crippen LogP contribution in [0.3, 0.4) is 0 Å². The highest BCUT2D eigenvalue weighted by molar-refractivity contribution is 5.78. The predicted octanol–water partition coefficient (Wildman–Crippen LogP) is 1.07. The zero-order valence-electron chi connectivity index (χ0n) is 12.1. The van der Waals surface area contributed by atoms with Crippen molar-refractivity contribution < 1.29 is 13.6 Å². The van der Waals surface area contributed by atoms with Crippen LogP contribution in [0.2, 0.25) is 0 Å². The molecule has 0 fully saturated rings. The van der Waals surface area contributed by atoms with Crippen molar-refractivity contribution >= 4 is 5.91 Å². The second-order valence-corrected chi connectivity index (χ2v) is 4.88. The summed E-state index contributed by atoms with van der Waals surface area (Å²) in [6.07, 6.45) is 0. The molecule has 0 saturated heterocycles. The quantitative estimate of drug-likeness (QED) is 0.814. The first-order valence-corrected chi connectivity index (χ1v) is 6.45. The molecule has 0 heterocycles. The molecule has 0 saturated carbocycles. The summed E-state index contributed by atoms with van der Waals surface area (Å²) < 4.78 is 26.5. The van der Waals surface area contributed by atoms with E-state index in [1.165, 1.54) is 12.1 Å². The number of nitrogens with zero attached hydrogens (tertiary/aromatic N) is 2. The van der Waals surface area contributed by atoms with E-state index >= 15 is 0 Å². The van der Waals surface area contributed by atoms with Crippen molar-refractivity contribution in [2.45, 2.75) is 6.54 Å². The minimum Gasteiger partial charge on any atom is -0.336 e. The molecule has 1 rings (SSSR count). The second kappa shape index (κ2) is 7.91. The number of benzene rings is 1. The smallest absolute Gasteiger partial charge is 0.236 e. The van der Waals surface area contributed by atoms with E-state index in [1.807, 2.05) is 19.0 Å². The standard InChI is InChI=1S/C14H21F2N3O/c1-17-9-14(20)19(7-6-18(2)3)10-11-4-5-12(15)8-13(11)16/h4-5,8,17H,6-7,9-10H2,1-3H3. The van der Waals surface area contributed by atoms with E-state index in [2.05, 4.69) is 5.32 Å². The predicted molar refractivity (Wildman–Crippen MR) is 74.3 cm³/mol. The summed E-state index contributed by atoms with van der Waals surface area (Å²) >= 11 is 0. The third-order valence-electron chi connectivity index (χ3n) is 2.87. The lowest BCUT2D eigenvalue weighted by molar-refractivity contribution is -0.130. The topological polar surface area (TPSA) is 35.6 Å². The molecule has 0 aromatic heterocycles. The van der Waals surface area contributed by atoms with E-state index in [0.29, 0.717) is 18.7 Å². The number of rotatable bonds is 7. The van der Waals surface area contributed by atoms with Crippen molar-refractivity contribution in [3.8, 4) is 0 Å². The molecule has 20 heavy (non-hydrogen) atoms. The normalized spacial score (nSPS) is 10.9. The van der Waals surface area contributed by atoms with Crippen LogP contribution in [0.1, 0.15) is 5.56 Å². The summed E-state index contributed by atoms with van der Waals surface area (Å²) in [4.78, 5) is 15.5. The van der Waals surface area contributed by atoms with Crippen molar-refractivity contribution in [3.63, 3.8) is 0 Å². The fraction of sp³-hybridized carbons (Fsp3) is 0.500. The lowest BCUT2D eigenvalue weighted by Gasteiger charge is -2.24. The second-order valence-electron chi connectivity index (χ2n) is 4.88. The molecule has 1 N–H and O–H groups in total. The lowest BCUT2D eigenvalue weighted by atomic mass is 10.2. The van der Waals surface area contributed by atoms with Gasteiger partial charge in [-0.1, -0.05) is 6.07 Å². The van der Waals surface area contributed by atoms with Gasteiger partial charge < -0.3 is 15.1 Å². The van der Waals surface area contributed by atoms with Crippen LogP contribution in [0.25, 0.3) is 0 Å². The molecule has 0 unspecified atom stereocenters. The summed E-state index contributed by atoms with van der Waals surface area (Å²) in [5.74, 6) is -1.36. The molecular formula is C14H21F2N3O. The van der Waals surface area contributed by atoms with Crippen molar-refractivity contribution in [3.05, 3.63) is 35.4 Å². The zero-order valence-corrected chi connectivity index (χ0v) is 12.1. The first kappa shape index (κ1) is 16.5. The van der Waals surface area contributed by atoms with Crippen molar-refractivity contribution in [2.75, 3.05) is 40.8 Å². The van der Waals surface area contributed by atoms with Crippen LogP contribution in [0, 0.1) is 11.6 Å². The highest BCUT2D eigenvalue weighted by Gasteiger charge is 2.15. The molecule has 0 bridgehead atoms. The van der Waals surface area contributed by atoms with Crippen LogP contribution in [0.4, 0.5) is 8.78 Å². The SMILES string of the molecule is CNCC(=O)N(CCN(C)C)Cc1ccc(F)cc1F. The van der Waals surface area contributed by atoms with E-state index in [4.69, 9.17) is 0 Å². The Bertz CT molecular complexity index is 452. The van der Waals surface area contributed by atoms with Crippen LogP contribution in [0.5, 0.6) is 0 Å². The molecule has 0 aliphatic rings. The van der Waals surface area contributed by atoms with Crippen LogP contribution < -0.4 is 5.32 Å². The fourth-order valence-electron chi connectivity index (χ4n) is 1.73. The molecule has 0 aliphatic heterocycles. The number of amides is 1. The molecule has 0 atom stereocenters. The van der Waals surface area contributed by atoms with Gasteiger partial charge in [-0.25, -0.2) is 8.78 Å². The van der Waals surface area contributed by atoms with Gasteiger partial charge in [0.15, 0.2) is 0 Å². The van der Waals surface area contributed by atoms with Crippen molar-refractivity contribution in [1.82, 2.24) is 15.1 Å². The van der Waals surface area contributed by atoms with Crippen molar-refractivity contribution in [2.24, 2.45) is 0 Å². The summed E-state index contributed by atoms with van der Waals surface area (Å²) in [5.41, 5.74) is 0.314. The van der Waals surface area contributed by atoms with Gasteiger partial charge in [0.2, 0.25) is 5.91 Å². The molecule has 1 amide bonds. The van der Waals surface area contributed by atoms with Gasteiger partial charge in [-0.15, -0.1) is 0 Å². The Hall–Kier alpha value is -1.53. The number of hydrogen-bond donors (Lipinski definition) is 1. The Kier molecular flexibility index (Phi) is 6.54. The molecule has 0 radical (unpaired) electrons. The van der Waals surface area contributed by atoms with E-state index < -0.39 is 11.6 Å². The van der Waals surface area contributed by atoms with Crippen LogP contribution in [0.15, 0.2) is 18.2 Å². The molecular weight excluding hydrogens is 264 g/mol. The highest BCUT2D eigenvalue weighted by atomic mass is 19.1. The van der Waals surface area contributed by atoms with E-state index in [9.17, 15) is 13.6 Å². The highest BCUT2D eigenvalue weighted by Crippen LogP contribution is 2.12. The van der Waals surface area contributed by atoms with E-state index in [1.54, 1.807) is 11.9 Å². The maximum absolute atomic E-state index is 13.7. The van der Waals surface area contributed by atoms with E-state index in [0.717, 1.165) is 6.07 Å². The van der Waals surface area contributed by atoms with Gasteiger partial charge in [0.25, 0.3) is 0 Å². The van der Waals surface area contributed by atoms with Gasteiger partial charge in [0.05, 0.1) is 6.54 Å². The maximum Gasteiger partial charge on any atom is 0.236 e. The first-order valence-electron chi connectivity index (χ1n) is 6.45. The van der Waals surface area contributed by atoms with Gasteiger partial charge in [-0.3, -0.25) is 4.79 Å². The van der Waals surface area contributed by atoms with Crippen molar-refractivity contribution in [1.29, 1.82) is 0 Å². The number of carbonyl (C=O) groups is 1. The Morgan fingerprint density at radius 3 is 2.50 bits per heavy atom. The maximum atomic E-state index is 13.7. The van der Waals surface area contributed by atoms with Gasteiger partial charge in [0, 0.05) is 31.3 Å². The minimum absolute atomic E-state index is 0.113. The number of carbonyl (C=O) groups excluding carboxylic acids is 1. The molecule has 1 aromatic rings. The van der Waals surface area contributed by atoms with Gasteiger partial charge in [-0.05, 0) is 27.2 Å². The lowest BCUT2D eigenvalue weighted by Crippen LogP contribution is -2.40. The third kappa shape index (κ3) is 5.22. The van der Waals surface area contributed by atoms with Crippen LogP contribution in [-0.4, -0.2) is 56.5 Å². The summed E-state index contributed by atoms with van der Waals surface area (Å²) in [6, 6.07) is 3.41. The average molecular weight is 285 g/mol. The Morgan fingerprint density at radius 2 is 1.95 bits per heavy atom. The van der Waals surface area contributed by atoms with E-state index in [-0.39, 0.29) is 19.0 Å². The number of hydrogen-bond acceptors (Lipinski definition) is 3. The van der Waals surface area contributed by atoms with Crippen LogP contribution in [-0.2, 0) is 11.3 Å². The Morgan fingerprint density at radius 1 is 1.25 bits per heavy atom. The number of halogens is 2. The largest absolute Gasteiger partial charge is 0.336 e.